The van der Waals surface area contributed by atoms with Gasteiger partial charge in [0.05, 0.1) is 0 Å². The molecule has 0 saturated carbocycles. The first-order chi connectivity index (χ1) is 13.7. The van der Waals surface area contributed by atoms with Crippen molar-refractivity contribution in [1.29, 1.82) is 0 Å². The predicted octanol–water partition coefficient (Wildman–Crippen LogP) is 5.96. The third-order valence-electron chi connectivity index (χ3n) is 5.96. The molecular weight excluding hydrogens is 356 g/mol. The number of carbonyl (C=O) groups is 1. The van der Waals surface area contributed by atoms with E-state index in [2.05, 4.69) is 73.5 Å². The molecule has 0 aromatic heterocycles. The number of anilines is 1. The van der Waals surface area contributed by atoms with Gasteiger partial charge in [-0.1, -0.05) is 71.0 Å². The molecule has 0 aliphatic carbocycles. The van der Waals surface area contributed by atoms with E-state index in [0.29, 0.717) is 5.92 Å². The Hall–Kier alpha value is -2.13. The second-order valence-electron chi connectivity index (χ2n) is 9.77. The van der Waals surface area contributed by atoms with Crippen LogP contribution in [0.4, 0.5) is 5.69 Å². The largest absolute Gasteiger partial charge is 0.326 e. The van der Waals surface area contributed by atoms with E-state index in [4.69, 9.17) is 0 Å². The Balaban J connectivity index is 1.55. The molecule has 1 aliphatic rings. The van der Waals surface area contributed by atoms with E-state index >= 15 is 0 Å². The van der Waals surface area contributed by atoms with Gasteiger partial charge < -0.3 is 5.32 Å². The number of likely N-dealkylation sites (tertiary alicyclic amines) is 1. The van der Waals surface area contributed by atoms with E-state index < -0.39 is 0 Å². The van der Waals surface area contributed by atoms with Crippen molar-refractivity contribution in [2.24, 2.45) is 5.92 Å². The predicted molar refractivity (Wildman–Crippen MR) is 122 cm³/mol. The summed E-state index contributed by atoms with van der Waals surface area (Å²) in [6.45, 7) is 13.9. The van der Waals surface area contributed by atoms with Gasteiger partial charge in [-0.2, -0.15) is 0 Å². The fraction of sp³-hybridized carbons (Fsp3) is 0.500. The average molecular weight is 393 g/mol. The minimum Gasteiger partial charge on any atom is -0.326 e. The minimum absolute atomic E-state index is 0.000594. The molecule has 3 rings (SSSR count). The molecule has 29 heavy (non-hydrogen) atoms. The summed E-state index contributed by atoms with van der Waals surface area (Å²) in [5.41, 5.74) is 5.27. The van der Waals surface area contributed by atoms with E-state index in [1.807, 2.05) is 19.9 Å². The zero-order valence-electron chi connectivity index (χ0n) is 18.7. The molecule has 3 nitrogen and oxygen atoms in total. The zero-order chi connectivity index (χ0) is 21.0. The molecule has 2 aromatic rings. The molecule has 0 unspecified atom stereocenters. The molecule has 0 spiro atoms. The number of benzene rings is 2. The SMILES string of the molecule is CC(C)C(=O)Nc1cccc(C2CCN(Cc3ccc(C(C)(C)C)cc3)CC2)c1. The Bertz CT molecular complexity index is 809. The maximum Gasteiger partial charge on any atom is 0.226 e. The highest BCUT2D eigenvalue weighted by Gasteiger charge is 2.21. The van der Waals surface area contributed by atoms with Crippen molar-refractivity contribution >= 4 is 11.6 Å². The fourth-order valence-electron chi connectivity index (χ4n) is 3.95. The van der Waals surface area contributed by atoms with Crippen molar-refractivity contribution in [1.82, 2.24) is 4.90 Å². The fourth-order valence-corrected chi connectivity index (χ4v) is 3.95. The van der Waals surface area contributed by atoms with Crippen LogP contribution in [0.1, 0.15) is 70.1 Å². The molecule has 1 amide bonds. The van der Waals surface area contributed by atoms with Crippen molar-refractivity contribution in [2.45, 2.75) is 65.3 Å². The van der Waals surface area contributed by atoms with Gasteiger partial charge in [-0.05, 0) is 66.1 Å². The van der Waals surface area contributed by atoms with Crippen LogP contribution in [-0.4, -0.2) is 23.9 Å². The molecule has 3 heteroatoms. The number of hydrogen-bond acceptors (Lipinski definition) is 2. The number of carbonyl (C=O) groups excluding carboxylic acids is 1. The minimum atomic E-state index is -0.000594. The molecule has 1 fully saturated rings. The lowest BCUT2D eigenvalue weighted by Crippen LogP contribution is -2.32. The van der Waals surface area contributed by atoms with Gasteiger partial charge in [-0.15, -0.1) is 0 Å². The summed E-state index contributed by atoms with van der Waals surface area (Å²) in [5.74, 6) is 0.652. The van der Waals surface area contributed by atoms with Crippen LogP contribution in [0.3, 0.4) is 0 Å². The third kappa shape index (κ3) is 5.93. The summed E-state index contributed by atoms with van der Waals surface area (Å²) in [6, 6.07) is 17.5. The lowest BCUT2D eigenvalue weighted by Gasteiger charge is -2.32. The molecule has 1 aliphatic heterocycles. The molecule has 0 atom stereocenters. The van der Waals surface area contributed by atoms with Gasteiger partial charge in [0.25, 0.3) is 0 Å². The first-order valence-corrected chi connectivity index (χ1v) is 10.9. The molecule has 1 saturated heterocycles. The topological polar surface area (TPSA) is 32.3 Å². The van der Waals surface area contributed by atoms with Gasteiger partial charge in [0.1, 0.15) is 0 Å². The molecule has 0 radical (unpaired) electrons. The van der Waals surface area contributed by atoms with E-state index in [1.165, 1.54) is 29.5 Å². The van der Waals surface area contributed by atoms with Crippen LogP contribution in [0.15, 0.2) is 48.5 Å². The second kappa shape index (κ2) is 9.13. The number of hydrogen-bond donors (Lipinski definition) is 1. The maximum atomic E-state index is 12.0. The summed E-state index contributed by atoms with van der Waals surface area (Å²) in [4.78, 5) is 14.5. The average Bonchev–Trinajstić information content (AvgIpc) is 2.68. The summed E-state index contributed by atoms with van der Waals surface area (Å²) in [5, 5.41) is 3.03. The Morgan fingerprint density at radius 1 is 1.07 bits per heavy atom. The number of nitrogens with zero attached hydrogens (tertiary/aromatic N) is 1. The number of piperidine rings is 1. The van der Waals surface area contributed by atoms with Crippen LogP contribution in [-0.2, 0) is 16.8 Å². The molecule has 156 valence electrons. The maximum absolute atomic E-state index is 12.0. The highest BCUT2D eigenvalue weighted by Crippen LogP contribution is 2.30. The van der Waals surface area contributed by atoms with E-state index in [0.717, 1.165) is 25.3 Å². The molecular formula is C26H36N2O. The van der Waals surface area contributed by atoms with Gasteiger partial charge in [-0.25, -0.2) is 0 Å². The van der Waals surface area contributed by atoms with Crippen LogP contribution in [0.5, 0.6) is 0 Å². The van der Waals surface area contributed by atoms with Gasteiger partial charge in [0.2, 0.25) is 5.91 Å². The molecule has 2 aromatic carbocycles. The first-order valence-electron chi connectivity index (χ1n) is 10.9. The summed E-state index contributed by atoms with van der Waals surface area (Å²) < 4.78 is 0. The van der Waals surface area contributed by atoms with Crippen LogP contribution in [0.2, 0.25) is 0 Å². The van der Waals surface area contributed by atoms with Crippen molar-refractivity contribution in [3.05, 3.63) is 65.2 Å². The van der Waals surface area contributed by atoms with Gasteiger partial charge >= 0.3 is 0 Å². The first kappa shape index (κ1) is 21.6. The summed E-state index contributed by atoms with van der Waals surface area (Å²) >= 11 is 0. The standard InChI is InChI=1S/C26H36N2O/c1-19(2)25(29)27-24-8-6-7-22(17-24)21-13-15-28(16-14-21)18-20-9-11-23(12-10-20)26(3,4)5/h6-12,17,19,21H,13-16,18H2,1-5H3,(H,27,29). The number of amides is 1. The van der Waals surface area contributed by atoms with E-state index in [-0.39, 0.29) is 17.2 Å². The van der Waals surface area contributed by atoms with Crippen molar-refractivity contribution in [2.75, 3.05) is 18.4 Å². The molecule has 0 bridgehead atoms. The lowest BCUT2D eigenvalue weighted by molar-refractivity contribution is -0.118. The third-order valence-corrected chi connectivity index (χ3v) is 5.96. The van der Waals surface area contributed by atoms with Crippen molar-refractivity contribution in [3.63, 3.8) is 0 Å². The second-order valence-corrected chi connectivity index (χ2v) is 9.77. The smallest absolute Gasteiger partial charge is 0.226 e. The van der Waals surface area contributed by atoms with Crippen LogP contribution in [0.25, 0.3) is 0 Å². The normalized spacial score (nSPS) is 16.2. The number of rotatable bonds is 5. The monoisotopic (exact) mass is 392 g/mol. The van der Waals surface area contributed by atoms with Crippen molar-refractivity contribution < 1.29 is 4.79 Å². The zero-order valence-corrected chi connectivity index (χ0v) is 18.7. The Morgan fingerprint density at radius 3 is 2.31 bits per heavy atom. The quantitative estimate of drug-likeness (QED) is 0.681. The van der Waals surface area contributed by atoms with Crippen LogP contribution >= 0.6 is 0 Å². The van der Waals surface area contributed by atoms with Gasteiger partial charge in [0, 0.05) is 18.2 Å². The van der Waals surface area contributed by atoms with Crippen molar-refractivity contribution in [3.8, 4) is 0 Å². The van der Waals surface area contributed by atoms with Gasteiger partial charge in [-0.3, -0.25) is 9.69 Å². The highest BCUT2D eigenvalue weighted by atomic mass is 16.1. The lowest BCUT2D eigenvalue weighted by atomic mass is 9.86. The Kier molecular flexibility index (Phi) is 6.79. The van der Waals surface area contributed by atoms with E-state index in [9.17, 15) is 4.79 Å². The Labute approximate surface area is 176 Å². The van der Waals surface area contributed by atoms with Crippen LogP contribution in [0, 0.1) is 5.92 Å². The Morgan fingerprint density at radius 2 is 1.72 bits per heavy atom. The molecule has 1 N–H and O–H groups in total. The highest BCUT2D eigenvalue weighted by molar-refractivity contribution is 5.92. The van der Waals surface area contributed by atoms with Crippen LogP contribution < -0.4 is 5.32 Å². The molecule has 1 heterocycles. The summed E-state index contributed by atoms with van der Waals surface area (Å²) in [6.07, 6.45) is 2.34. The van der Waals surface area contributed by atoms with Gasteiger partial charge in [0.15, 0.2) is 0 Å². The summed E-state index contributed by atoms with van der Waals surface area (Å²) in [7, 11) is 0. The number of nitrogens with one attached hydrogen (secondary N) is 1. The van der Waals surface area contributed by atoms with E-state index in [1.54, 1.807) is 0 Å².